The molecule has 2 rings (SSSR count). The highest BCUT2D eigenvalue weighted by Crippen LogP contribution is 2.22. The van der Waals surface area contributed by atoms with Crippen LogP contribution in [0.5, 0.6) is 0 Å². The van der Waals surface area contributed by atoms with Crippen molar-refractivity contribution in [1.82, 2.24) is 9.97 Å². The Morgan fingerprint density at radius 2 is 2.04 bits per heavy atom. The van der Waals surface area contributed by atoms with Crippen LogP contribution in [0.25, 0.3) is 0 Å². The minimum atomic E-state index is -0.243. The van der Waals surface area contributed by atoms with E-state index in [0.717, 1.165) is 35.4 Å². The summed E-state index contributed by atoms with van der Waals surface area (Å²) in [6, 6.07) is 9.22. The lowest BCUT2D eigenvalue weighted by atomic mass is 10.3. The van der Waals surface area contributed by atoms with E-state index in [-0.39, 0.29) is 5.91 Å². The van der Waals surface area contributed by atoms with E-state index in [0.29, 0.717) is 11.5 Å². The Labute approximate surface area is 145 Å². The average molecular weight is 377 g/mol. The zero-order valence-corrected chi connectivity index (χ0v) is 15.2. The molecule has 5 nitrogen and oxygen atoms in total. The van der Waals surface area contributed by atoms with Gasteiger partial charge in [0, 0.05) is 24.1 Å². The Bertz CT molecular complexity index is 690. The number of amides is 1. The molecule has 1 aromatic heterocycles. The smallest absolute Gasteiger partial charge is 0.274 e. The molecule has 1 heterocycles. The second-order valence-corrected chi connectivity index (χ2v) is 6.22. The first kappa shape index (κ1) is 17.4. The van der Waals surface area contributed by atoms with Gasteiger partial charge in [-0.1, -0.05) is 25.5 Å². The third kappa shape index (κ3) is 4.76. The molecule has 0 aliphatic carbocycles. The highest BCUT2D eigenvalue weighted by Gasteiger charge is 2.13. The van der Waals surface area contributed by atoms with Gasteiger partial charge in [-0.25, -0.2) is 9.97 Å². The summed E-state index contributed by atoms with van der Waals surface area (Å²) in [6.45, 7) is 4.85. The number of hydrogen-bond acceptors (Lipinski definition) is 4. The lowest BCUT2D eigenvalue weighted by Crippen LogP contribution is -2.22. The first-order valence-corrected chi connectivity index (χ1v) is 8.43. The van der Waals surface area contributed by atoms with Gasteiger partial charge in [0.2, 0.25) is 0 Å². The predicted molar refractivity (Wildman–Crippen MR) is 97.0 cm³/mol. The second-order valence-electron chi connectivity index (χ2n) is 5.37. The van der Waals surface area contributed by atoms with Crippen molar-refractivity contribution in [2.24, 2.45) is 0 Å². The van der Waals surface area contributed by atoms with Crippen molar-refractivity contribution >= 4 is 33.3 Å². The number of anilines is 2. The number of carbonyl (C=O) groups excluding carboxylic acids is 1. The van der Waals surface area contributed by atoms with Gasteiger partial charge in [-0.15, -0.1) is 0 Å². The van der Waals surface area contributed by atoms with Crippen molar-refractivity contribution in [3.63, 3.8) is 0 Å². The molecular formula is C17H21BrN4O. The molecule has 0 bridgehead atoms. The Kier molecular flexibility index (Phi) is 6.10. The van der Waals surface area contributed by atoms with Gasteiger partial charge in [0.25, 0.3) is 5.91 Å². The van der Waals surface area contributed by atoms with Crippen LogP contribution in [0.4, 0.5) is 11.5 Å². The summed E-state index contributed by atoms with van der Waals surface area (Å²) in [5.74, 6) is 1.11. The van der Waals surface area contributed by atoms with Crippen LogP contribution in [-0.4, -0.2) is 29.5 Å². The van der Waals surface area contributed by atoms with E-state index in [1.54, 1.807) is 13.0 Å². The number of unbranched alkanes of at least 4 members (excludes halogenated alkanes) is 1. The highest BCUT2D eigenvalue weighted by atomic mass is 79.9. The lowest BCUT2D eigenvalue weighted by molar-refractivity contribution is 0.102. The molecule has 23 heavy (non-hydrogen) atoms. The largest absolute Gasteiger partial charge is 0.360 e. The predicted octanol–water partition coefficient (Wildman–Crippen LogP) is 4.04. The van der Waals surface area contributed by atoms with E-state index in [9.17, 15) is 4.79 Å². The van der Waals surface area contributed by atoms with Crippen LogP contribution in [0, 0.1) is 6.92 Å². The van der Waals surface area contributed by atoms with Gasteiger partial charge in [0.05, 0.1) is 5.69 Å². The van der Waals surface area contributed by atoms with Gasteiger partial charge >= 0.3 is 0 Å². The van der Waals surface area contributed by atoms with Gasteiger partial charge in [-0.05, 0) is 41.4 Å². The number of benzene rings is 1. The molecule has 0 saturated carbocycles. The third-order valence-electron chi connectivity index (χ3n) is 3.42. The maximum absolute atomic E-state index is 12.5. The molecule has 0 unspecified atom stereocenters. The summed E-state index contributed by atoms with van der Waals surface area (Å²) in [5, 5.41) is 2.87. The zero-order chi connectivity index (χ0) is 16.8. The molecule has 1 amide bonds. The Hall–Kier alpha value is -1.95. The van der Waals surface area contributed by atoms with Crippen LogP contribution >= 0.6 is 15.9 Å². The SMILES string of the molecule is CCCCN(C)c1cc(C(=O)Nc2ccccc2Br)nc(C)n1. The number of nitrogens with one attached hydrogen (secondary N) is 1. The van der Waals surface area contributed by atoms with Crippen molar-refractivity contribution < 1.29 is 4.79 Å². The summed E-state index contributed by atoms with van der Waals surface area (Å²) in [5.41, 5.74) is 1.08. The van der Waals surface area contributed by atoms with Gasteiger partial charge in [0.1, 0.15) is 17.3 Å². The van der Waals surface area contributed by atoms with Crippen molar-refractivity contribution in [3.8, 4) is 0 Å². The van der Waals surface area contributed by atoms with E-state index < -0.39 is 0 Å². The van der Waals surface area contributed by atoms with Crippen molar-refractivity contribution in [2.45, 2.75) is 26.7 Å². The Balaban J connectivity index is 2.20. The van der Waals surface area contributed by atoms with Crippen LogP contribution in [0.15, 0.2) is 34.8 Å². The quantitative estimate of drug-likeness (QED) is 0.826. The molecule has 0 atom stereocenters. The molecule has 2 aromatic rings. The molecule has 0 aliphatic heterocycles. The second kappa shape index (κ2) is 8.06. The molecule has 0 radical (unpaired) electrons. The maximum Gasteiger partial charge on any atom is 0.274 e. The topological polar surface area (TPSA) is 58.1 Å². The molecule has 1 N–H and O–H groups in total. The molecule has 0 fully saturated rings. The summed E-state index contributed by atoms with van der Waals surface area (Å²) >= 11 is 3.42. The minimum absolute atomic E-state index is 0.243. The molecule has 6 heteroatoms. The number of nitrogens with zero attached hydrogens (tertiary/aromatic N) is 3. The van der Waals surface area contributed by atoms with Gasteiger partial charge in [0.15, 0.2) is 0 Å². The van der Waals surface area contributed by atoms with Gasteiger partial charge in [-0.2, -0.15) is 0 Å². The lowest BCUT2D eigenvalue weighted by Gasteiger charge is -2.18. The van der Waals surface area contributed by atoms with Gasteiger partial charge in [-0.3, -0.25) is 4.79 Å². The fourth-order valence-electron chi connectivity index (χ4n) is 2.12. The number of rotatable bonds is 6. The summed E-state index contributed by atoms with van der Waals surface area (Å²) in [7, 11) is 1.98. The first-order chi connectivity index (χ1) is 11.0. The normalized spacial score (nSPS) is 10.4. The number of aryl methyl sites for hydroxylation is 1. The van der Waals surface area contributed by atoms with Crippen molar-refractivity contribution in [3.05, 3.63) is 46.3 Å². The molecule has 0 aliphatic rings. The maximum atomic E-state index is 12.5. The van der Waals surface area contributed by atoms with Crippen LogP contribution in [-0.2, 0) is 0 Å². The Morgan fingerprint density at radius 1 is 1.30 bits per heavy atom. The van der Waals surface area contributed by atoms with E-state index in [4.69, 9.17) is 0 Å². The van der Waals surface area contributed by atoms with Crippen molar-refractivity contribution in [1.29, 1.82) is 0 Å². The summed E-state index contributed by atoms with van der Waals surface area (Å²) in [4.78, 5) is 23.2. The van der Waals surface area contributed by atoms with E-state index in [2.05, 4.69) is 38.1 Å². The number of halogens is 1. The number of carbonyl (C=O) groups is 1. The monoisotopic (exact) mass is 376 g/mol. The average Bonchev–Trinajstić information content (AvgIpc) is 2.54. The molecular weight excluding hydrogens is 356 g/mol. The van der Waals surface area contributed by atoms with Crippen LogP contribution in [0.3, 0.4) is 0 Å². The molecule has 1 aromatic carbocycles. The van der Waals surface area contributed by atoms with Crippen LogP contribution in [0.2, 0.25) is 0 Å². The fourth-order valence-corrected chi connectivity index (χ4v) is 2.51. The van der Waals surface area contributed by atoms with E-state index in [1.807, 2.05) is 36.2 Å². The highest BCUT2D eigenvalue weighted by molar-refractivity contribution is 9.10. The van der Waals surface area contributed by atoms with E-state index in [1.165, 1.54) is 0 Å². The first-order valence-electron chi connectivity index (χ1n) is 7.64. The fraction of sp³-hybridized carbons (Fsp3) is 0.353. The van der Waals surface area contributed by atoms with E-state index >= 15 is 0 Å². The molecule has 0 saturated heterocycles. The molecule has 0 spiro atoms. The summed E-state index contributed by atoms with van der Waals surface area (Å²) < 4.78 is 0.833. The number of para-hydroxylation sites is 1. The summed E-state index contributed by atoms with van der Waals surface area (Å²) in [6.07, 6.45) is 2.20. The van der Waals surface area contributed by atoms with Crippen LogP contribution in [0.1, 0.15) is 36.1 Å². The number of hydrogen-bond donors (Lipinski definition) is 1. The standard InChI is InChI=1S/C17H21BrN4O/c1-4-5-10-22(3)16-11-15(19-12(2)20-16)17(23)21-14-9-7-6-8-13(14)18/h6-9,11H,4-5,10H2,1-3H3,(H,21,23). The number of aromatic nitrogens is 2. The van der Waals surface area contributed by atoms with Gasteiger partial charge < -0.3 is 10.2 Å². The zero-order valence-electron chi connectivity index (χ0n) is 13.6. The van der Waals surface area contributed by atoms with Crippen molar-refractivity contribution in [2.75, 3.05) is 23.8 Å². The minimum Gasteiger partial charge on any atom is -0.360 e. The Morgan fingerprint density at radius 3 is 2.74 bits per heavy atom. The van der Waals surface area contributed by atoms with Crippen LogP contribution < -0.4 is 10.2 Å². The molecule has 122 valence electrons. The third-order valence-corrected chi connectivity index (χ3v) is 4.11.